The van der Waals surface area contributed by atoms with Crippen LogP contribution in [0, 0.1) is 11.3 Å². The van der Waals surface area contributed by atoms with Gasteiger partial charge in [-0.2, -0.15) is 5.26 Å². The van der Waals surface area contributed by atoms with Crippen LogP contribution < -0.4 is 11.0 Å². The van der Waals surface area contributed by atoms with Gasteiger partial charge in [-0.05, 0) is 36.8 Å². The van der Waals surface area contributed by atoms with Gasteiger partial charge in [-0.1, -0.05) is 13.0 Å². The summed E-state index contributed by atoms with van der Waals surface area (Å²) in [6.07, 6.45) is 3.63. The highest BCUT2D eigenvalue weighted by molar-refractivity contribution is 5.98. The Labute approximate surface area is 155 Å². The van der Waals surface area contributed by atoms with Crippen molar-refractivity contribution in [2.45, 2.75) is 20.3 Å². The zero-order valence-corrected chi connectivity index (χ0v) is 14.9. The molecular weight excluding hydrogens is 342 g/mol. The first kappa shape index (κ1) is 18.0. The molecule has 0 bridgehead atoms. The molecule has 2 aromatic heterocycles. The van der Waals surface area contributed by atoms with Gasteiger partial charge in [0.15, 0.2) is 5.78 Å². The van der Waals surface area contributed by atoms with Crippen molar-refractivity contribution in [2.24, 2.45) is 0 Å². The third-order valence-electron chi connectivity index (χ3n) is 3.98. The van der Waals surface area contributed by atoms with E-state index in [1.54, 1.807) is 48.8 Å². The average Bonchev–Trinajstić information content (AvgIpc) is 2.69. The number of carbonyl (C=O) groups is 1. The molecule has 2 heterocycles. The number of nitriles is 1. The monoisotopic (exact) mass is 359 g/mol. The fourth-order valence-corrected chi connectivity index (χ4v) is 2.72. The highest BCUT2D eigenvalue weighted by atomic mass is 16.1. The van der Waals surface area contributed by atoms with E-state index in [0.717, 1.165) is 0 Å². The second-order valence-electron chi connectivity index (χ2n) is 5.85. The Morgan fingerprint density at radius 3 is 2.74 bits per heavy atom. The predicted molar refractivity (Wildman–Crippen MR) is 101 cm³/mol. The van der Waals surface area contributed by atoms with E-state index in [1.807, 2.05) is 13.0 Å². The lowest BCUT2D eigenvalue weighted by atomic mass is 10.1. The van der Waals surface area contributed by atoms with Crippen LogP contribution in [-0.4, -0.2) is 20.4 Å². The molecule has 0 aliphatic heterocycles. The lowest BCUT2D eigenvalue weighted by molar-refractivity contribution is 0.100. The van der Waals surface area contributed by atoms with Gasteiger partial charge in [-0.25, -0.2) is 9.66 Å². The zero-order chi connectivity index (χ0) is 19.4. The van der Waals surface area contributed by atoms with E-state index in [1.165, 1.54) is 11.6 Å². The first-order chi connectivity index (χ1) is 13.0. The van der Waals surface area contributed by atoms with Crippen LogP contribution in [0.3, 0.4) is 0 Å². The summed E-state index contributed by atoms with van der Waals surface area (Å²) in [5.41, 5.74) is 4.98. The molecule has 7 heteroatoms. The maximum absolute atomic E-state index is 12.9. The van der Waals surface area contributed by atoms with Crippen LogP contribution in [-0.2, 0) is 6.42 Å². The number of benzene rings is 1. The molecule has 0 saturated heterocycles. The summed E-state index contributed by atoms with van der Waals surface area (Å²) in [5, 5.41) is 9.08. The van der Waals surface area contributed by atoms with E-state index in [0.29, 0.717) is 34.6 Å². The van der Waals surface area contributed by atoms with Gasteiger partial charge in [0.05, 0.1) is 17.3 Å². The zero-order valence-electron chi connectivity index (χ0n) is 14.9. The standard InChI is InChI=1S/C20H17N5O2/c1-3-17-20(27)25(24-16-8-4-6-14(10-16)11-21)19(13(2)26)18(23-17)15-7-5-9-22-12-15/h4-10,12,24H,3H2,1-2H3. The number of Topliss-reactive ketones (excluding diaryl/α,β-unsaturated/α-hetero) is 1. The molecule has 134 valence electrons. The molecule has 1 aromatic carbocycles. The fourth-order valence-electron chi connectivity index (χ4n) is 2.72. The van der Waals surface area contributed by atoms with Crippen molar-refractivity contribution in [3.8, 4) is 17.3 Å². The predicted octanol–water partition coefficient (Wildman–Crippen LogP) is 2.82. The molecule has 0 fully saturated rings. The quantitative estimate of drug-likeness (QED) is 0.703. The first-order valence-corrected chi connectivity index (χ1v) is 8.39. The fraction of sp³-hybridized carbons (Fsp3) is 0.150. The Morgan fingerprint density at radius 1 is 1.30 bits per heavy atom. The van der Waals surface area contributed by atoms with Crippen molar-refractivity contribution in [1.82, 2.24) is 14.6 Å². The minimum absolute atomic E-state index is 0.132. The van der Waals surface area contributed by atoms with Crippen molar-refractivity contribution in [2.75, 3.05) is 5.43 Å². The van der Waals surface area contributed by atoms with Crippen LogP contribution in [0.5, 0.6) is 0 Å². The van der Waals surface area contributed by atoms with E-state index in [2.05, 4.69) is 15.4 Å². The molecule has 0 atom stereocenters. The second kappa shape index (κ2) is 7.62. The van der Waals surface area contributed by atoms with Crippen LogP contribution in [0.15, 0.2) is 53.6 Å². The van der Waals surface area contributed by atoms with Crippen LogP contribution in [0.2, 0.25) is 0 Å². The number of anilines is 1. The minimum atomic E-state index is -0.405. The summed E-state index contributed by atoms with van der Waals surface area (Å²) in [7, 11) is 0. The van der Waals surface area contributed by atoms with Gasteiger partial charge < -0.3 is 0 Å². The molecule has 0 amide bonds. The molecule has 1 N–H and O–H groups in total. The number of nitrogens with zero attached hydrogens (tertiary/aromatic N) is 4. The highest BCUT2D eigenvalue weighted by Gasteiger charge is 2.21. The lowest BCUT2D eigenvalue weighted by Crippen LogP contribution is -2.35. The topological polar surface area (TPSA) is 101 Å². The number of ketones is 1. The smallest absolute Gasteiger partial charge is 0.291 e. The van der Waals surface area contributed by atoms with E-state index in [4.69, 9.17) is 5.26 Å². The minimum Gasteiger partial charge on any atom is -0.293 e. The summed E-state index contributed by atoms with van der Waals surface area (Å²) in [4.78, 5) is 33.8. The molecule has 0 radical (unpaired) electrons. The van der Waals surface area contributed by atoms with Gasteiger partial charge in [-0.15, -0.1) is 0 Å². The Kier molecular flexibility index (Phi) is 5.08. The van der Waals surface area contributed by atoms with E-state index in [-0.39, 0.29) is 11.5 Å². The van der Waals surface area contributed by atoms with E-state index < -0.39 is 5.56 Å². The number of carbonyl (C=O) groups excluding carboxylic acids is 1. The van der Waals surface area contributed by atoms with Crippen LogP contribution in [0.1, 0.15) is 35.6 Å². The van der Waals surface area contributed by atoms with Crippen molar-refractivity contribution in [1.29, 1.82) is 5.26 Å². The van der Waals surface area contributed by atoms with Crippen molar-refractivity contribution in [3.05, 3.63) is 76.1 Å². The van der Waals surface area contributed by atoms with Gasteiger partial charge in [0, 0.05) is 24.9 Å². The lowest BCUT2D eigenvalue weighted by Gasteiger charge is -2.18. The molecule has 27 heavy (non-hydrogen) atoms. The summed E-state index contributed by atoms with van der Waals surface area (Å²) in [6, 6.07) is 12.2. The van der Waals surface area contributed by atoms with Crippen LogP contribution >= 0.6 is 0 Å². The molecule has 3 rings (SSSR count). The van der Waals surface area contributed by atoms with Gasteiger partial charge in [-0.3, -0.25) is 20.0 Å². The first-order valence-electron chi connectivity index (χ1n) is 8.39. The third-order valence-corrected chi connectivity index (χ3v) is 3.98. The van der Waals surface area contributed by atoms with E-state index >= 15 is 0 Å². The van der Waals surface area contributed by atoms with Crippen molar-refractivity contribution < 1.29 is 4.79 Å². The van der Waals surface area contributed by atoms with Gasteiger partial charge in [0.1, 0.15) is 17.1 Å². The maximum atomic E-state index is 12.9. The van der Waals surface area contributed by atoms with Gasteiger partial charge in [0.25, 0.3) is 5.56 Å². The molecule has 7 nitrogen and oxygen atoms in total. The van der Waals surface area contributed by atoms with Crippen LogP contribution in [0.25, 0.3) is 11.3 Å². The summed E-state index contributed by atoms with van der Waals surface area (Å²) in [6.45, 7) is 3.21. The normalized spacial score (nSPS) is 10.3. The molecule has 0 spiro atoms. The van der Waals surface area contributed by atoms with Crippen molar-refractivity contribution >= 4 is 11.5 Å². The third kappa shape index (κ3) is 3.60. The Bertz CT molecular complexity index is 1100. The second-order valence-corrected chi connectivity index (χ2v) is 5.85. The number of nitrogens with one attached hydrogen (secondary N) is 1. The Balaban J connectivity index is 2.27. The molecule has 0 saturated carbocycles. The molecule has 0 aliphatic rings. The number of hydrogen-bond acceptors (Lipinski definition) is 6. The van der Waals surface area contributed by atoms with Crippen LogP contribution in [0.4, 0.5) is 5.69 Å². The number of rotatable bonds is 5. The Hall–Kier alpha value is -3.79. The average molecular weight is 359 g/mol. The summed E-state index contributed by atoms with van der Waals surface area (Å²) >= 11 is 0. The number of hydrogen-bond donors (Lipinski definition) is 1. The van der Waals surface area contributed by atoms with Gasteiger partial charge in [0.2, 0.25) is 0 Å². The molecule has 0 unspecified atom stereocenters. The Morgan fingerprint density at radius 2 is 2.11 bits per heavy atom. The largest absolute Gasteiger partial charge is 0.293 e. The summed E-state index contributed by atoms with van der Waals surface area (Å²) < 4.78 is 1.20. The molecule has 0 aliphatic carbocycles. The number of pyridine rings is 1. The summed E-state index contributed by atoms with van der Waals surface area (Å²) in [5.74, 6) is -0.315. The van der Waals surface area contributed by atoms with E-state index in [9.17, 15) is 9.59 Å². The van der Waals surface area contributed by atoms with Gasteiger partial charge >= 0.3 is 0 Å². The van der Waals surface area contributed by atoms with Crippen molar-refractivity contribution in [3.63, 3.8) is 0 Å². The number of aryl methyl sites for hydroxylation is 1. The molecular formula is C20H17N5O2. The SMILES string of the molecule is CCc1nc(-c2cccnc2)c(C(C)=O)n(Nc2cccc(C#N)c2)c1=O. The highest BCUT2D eigenvalue weighted by Crippen LogP contribution is 2.21. The maximum Gasteiger partial charge on any atom is 0.291 e. The molecule has 3 aromatic rings. The number of aromatic nitrogens is 3.